The predicted molar refractivity (Wildman–Crippen MR) is 102 cm³/mol. The molecule has 2 aromatic rings. The predicted octanol–water partition coefficient (Wildman–Crippen LogP) is 2.90. The first-order valence-corrected chi connectivity index (χ1v) is 8.86. The Morgan fingerprint density at radius 3 is 2.52 bits per heavy atom. The number of hydrogen-bond acceptors (Lipinski definition) is 3. The molecule has 0 radical (unpaired) electrons. The Balaban J connectivity index is 1.82. The molecule has 3 rings (SSSR count). The highest BCUT2D eigenvalue weighted by molar-refractivity contribution is 6.30. The smallest absolute Gasteiger partial charge is 0.244 e. The van der Waals surface area contributed by atoms with Gasteiger partial charge in [0.25, 0.3) is 0 Å². The van der Waals surface area contributed by atoms with Gasteiger partial charge in [0.1, 0.15) is 6.04 Å². The highest BCUT2D eigenvalue weighted by Gasteiger charge is 2.37. The van der Waals surface area contributed by atoms with Crippen LogP contribution in [0.4, 0.5) is 0 Å². The second-order valence-corrected chi connectivity index (χ2v) is 7.28. The zero-order valence-electron chi connectivity index (χ0n) is 14.6. The molecule has 1 saturated heterocycles. The minimum Gasteiger partial charge on any atom is -0.339 e. The molecule has 4 nitrogen and oxygen atoms in total. The summed E-state index contributed by atoms with van der Waals surface area (Å²) in [6, 6.07) is 17.3. The molecule has 1 amide bonds. The lowest BCUT2D eigenvalue weighted by molar-refractivity contribution is -0.135. The van der Waals surface area contributed by atoms with Crippen LogP contribution in [0.15, 0.2) is 54.6 Å². The van der Waals surface area contributed by atoms with Crippen LogP contribution in [0.5, 0.6) is 0 Å². The van der Waals surface area contributed by atoms with E-state index in [9.17, 15) is 4.79 Å². The van der Waals surface area contributed by atoms with Gasteiger partial charge in [0.2, 0.25) is 5.91 Å². The van der Waals surface area contributed by atoms with Gasteiger partial charge in [-0.3, -0.25) is 9.69 Å². The number of nitrogens with two attached hydrogens (primary N) is 1. The van der Waals surface area contributed by atoms with Gasteiger partial charge in [0.05, 0.1) is 0 Å². The Kier molecular flexibility index (Phi) is 5.42. The summed E-state index contributed by atoms with van der Waals surface area (Å²) in [5, 5.41) is 0.637. The molecule has 2 aromatic carbocycles. The van der Waals surface area contributed by atoms with Crippen molar-refractivity contribution in [1.82, 2.24) is 9.80 Å². The van der Waals surface area contributed by atoms with E-state index in [2.05, 4.69) is 12.1 Å². The molecule has 0 spiro atoms. The summed E-state index contributed by atoms with van der Waals surface area (Å²) >= 11 is 6.12. The second kappa shape index (κ2) is 7.56. The zero-order valence-corrected chi connectivity index (χ0v) is 15.4. The van der Waals surface area contributed by atoms with Crippen molar-refractivity contribution in [2.45, 2.75) is 18.0 Å². The van der Waals surface area contributed by atoms with E-state index in [4.69, 9.17) is 17.3 Å². The molecule has 132 valence electrons. The van der Waals surface area contributed by atoms with Crippen LogP contribution in [0.1, 0.15) is 23.1 Å². The van der Waals surface area contributed by atoms with E-state index in [1.54, 1.807) is 0 Å². The fraction of sp³-hybridized carbons (Fsp3) is 0.350. The van der Waals surface area contributed by atoms with Crippen molar-refractivity contribution in [1.29, 1.82) is 0 Å². The molecular weight excluding hydrogens is 334 g/mol. The third kappa shape index (κ3) is 3.87. The molecule has 3 atom stereocenters. The molecule has 2 N–H and O–H groups in total. The Bertz CT molecular complexity index is 735. The van der Waals surface area contributed by atoms with Gasteiger partial charge >= 0.3 is 0 Å². The highest BCUT2D eigenvalue weighted by Crippen LogP contribution is 2.30. The molecule has 0 saturated carbocycles. The summed E-state index contributed by atoms with van der Waals surface area (Å²) in [6.45, 7) is 1.22. The van der Waals surface area contributed by atoms with E-state index in [-0.39, 0.29) is 23.9 Å². The van der Waals surface area contributed by atoms with Crippen LogP contribution in [0, 0.1) is 0 Å². The average molecular weight is 358 g/mol. The average Bonchev–Trinajstić information content (AvgIpc) is 2.97. The second-order valence-electron chi connectivity index (χ2n) is 6.85. The summed E-state index contributed by atoms with van der Waals surface area (Å²) in [7, 11) is 3.82. The zero-order chi connectivity index (χ0) is 18.0. The number of carbonyl (C=O) groups is 1. The van der Waals surface area contributed by atoms with Crippen LogP contribution < -0.4 is 5.73 Å². The van der Waals surface area contributed by atoms with Gasteiger partial charge in [-0.25, -0.2) is 0 Å². The standard InChI is InChI=1S/C20H24ClN3O/c1-23(2)19(15-9-6-10-16(21)11-15)20(25)24-12-17(18(22)13-24)14-7-4-3-5-8-14/h3-11,17-19H,12-13,22H2,1-2H3/t17-,18+,19?/m0/s1. The van der Waals surface area contributed by atoms with Gasteiger partial charge in [-0.2, -0.15) is 0 Å². The largest absolute Gasteiger partial charge is 0.339 e. The number of nitrogens with zero attached hydrogens (tertiary/aromatic N) is 2. The number of likely N-dealkylation sites (tertiary alicyclic amines) is 1. The molecule has 1 unspecified atom stereocenters. The molecule has 0 aromatic heterocycles. The maximum atomic E-state index is 13.2. The van der Waals surface area contributed by atoms with Crippen molar-refractivity contribution < 1.29 is 4.79 Å². The van der Waals surface area contributed by atoms with Crippen molar-refractivity contribution in [3.8, 4) is 0 Å². The topological polar surface area (TPSA) is 49.6 Å². The molecule has 1 aliphatic heterocycles. The summed E-state index contributed by atoms with van der Waals surface area (Å²) < 4.78 is 0. The van der Waals surface area contributed by atoms with Gasteiger partial charge < -0.3 is 10.6 Å². The van der Waals surface area contributed by atoms with Crippen molar-refractivity contribution in [3.63, 3.8) is 0 Å². The Morgan fingerprint density at radius 1 is 1.16 bits per heavy atom. The first kappa shape index (κ1) is 17.9. The monoisotopic (exact) mass is 357 g/mol. The van der Waals surface area contributed by atoms with Crippen molar-refractivity contribution in [2.75, 3.05) is 27.2 Å². The van der Waals surface area contributed by atoms with Crippen molar-refractivity contribution in [3.05, 3.63) is 70.7 Å². The first-order valence-electron chi connectivity index (χ1n) is 8.48. The third-order valence-electron chi connectivity index (χ3n) is 4.82. The lowest BCUT2D eigenvalue weighted by Crippen LogP contribution is -2.40. The number of hydrogen-bond donors (Lipinski definition) is 1. The lowest BCUT2D eigenvalue weighted by atomic mass is 9.95. The molecule has 1 fully saturated rings. The van der Waals surface area contributed by atoms with Crippen molar-refractivity contribution >= 4 is 17.5 Å². The molecule has 0 bridgehead atoms. The van der Waals surface area contributed by atoms with Gasteiger partial charge in [-0.15, -0.1) is 0 Å². The quantitative estimate of drug-likeness (QED) is 0.915. The van der Waals surface area contributed by atoms with E-state index in [1.807, 2.05) is 66.4 Å². The number of benzene rings is 2. The molecule has 5 heteroatoms. The third-order valence-corrected chi connectivity index (χ3v) is 5.05. The number of carbonyl (C=O) groups excluding carboxylic acids is 1. The first-order chi connectivity index (χ1) is 12.0. The SMILES string of the molecule is CN(C)C(C(=O)N1C[C@@H](N)[C@H](c2ccccc2)C1)c1cccc(Cl)c1. The minimum atomic E-state index is -0.361. The molecule has 1 heterocycles. The molecule has 25 heavy (non-hydrogen) atoms. The Labute approximate surface area is 154 Å². The summed E-state index contributed by atoms with van der Waals surface area (Å²) in [5.74, 6) is 0.244. The van der Waals surface area contributed by atoms with Crippen LogP contribution in [0.2, 0.25) is 5.02 Å². The Hall–Kier alpha value is -1.88. The summed E-state index contributed by atoms with van der Waals surface area (Å²) in [4.78, 5) is 17.0. The number of halogens is 1. The van der Waals surface area contributed by atoms with Crippen LogP contribution in [-0.4, -0.2) is 48.9 Å². The van der Waals surface area contributed by atoms with E-state index < -0.39 is 0 Å². The van der Waals surface area contributed by atoms with E-state index in [0.717, 1.165) is 5.56 Å². The van der Waals surface area contributed by atoms with Gasteiger partial charge in [0, 0.05) is 30.1 Å². The van der Waals surface area contributed by atoms with E-state index >= 15 is 0 Å². The number of rotatable bonds is 4. The summed E-state index contributed by atoms with van der Waals surface area (Å²) in [5.41, 5.74) is 8.44. The maximum absolute atomic E-state index is 13.2. The number of amides is 1. The minimum absolute atomic E-state index is 0.0477. The van der Waals surface area contributed by atoms with Crippen molar-refractivity contribution in [2.24, 2.45) is 5.73 Å². The van der Waals surface area contributed by atoms with E-state index in [1.165, 1.54) is 5.56 Å². The van der Waals surface area contributed by atoms with Gasteiger partial charge in [-0.05, 0) is 37.4 Å². The Morgan fingerprint density at radius 2 is 1.88 bits per heavy atom. The fourth-order valence-corrected chi connectivity index (χ4v) is 3.77. The molecular formula is C20H24ClN3O. The van der Waals surface area contributed by atoms with Crippen LogP contribution in [-0.2, 0) is 4.79 Å². The fourth-order valence-electron chi connectivity index (χ4n) is 3.57. The van der Waals surface area contributed by atoms with Gasteiger partial charge in [-0.1, -0.05) is 54.1 Å². The summed E-state index contributed by atoms with van der Waals surface area (Å²) in [6.07, 6.45) is 0. The lowest BCUT2D eigenvalue weighted by Gasteiger charge is -2.28. The van der Waals surface area contributed by atoms with E-state index in [0.29, 0.717) is 18.1 Å². The normalized spacial score (nSPS) is 21.6. The van der Waals surface area contributed by atoms with Crippen LogP contribution in [0.25, 0.3) is 0 Å². The van der Waals surface area contributed by atoms with Gasteiger partial charge in [0.15, 0.2) is 0 Å². The maximum Gasteiger partial charge on any atom is 0.244 e. The van der Waals surface area contributed by atoms with Crippen LogP contribution >= 0.6 is 11.6 Å². The van der Waals surface area contributed by atoms with Crippen LogP contribution in [0.3, 0.4) is 0 Å². The highest BCUT2D eigenvalue weighted by atomic mass is 35.5. The molecule has 0 aliphatic carbocycles. The number of likely N-dealkylation sites (N-methyl/N-ethyl adjacent to an activating group) is 1. The molecule has 1 aliphatic rings.